The molecule has 0 amide bonds. The highest BCUT2D eigenvalue weighted by atomic mass is 33.1. The summed E-state index contributed by atoms with van der Waals surface area (Å²) in [5.41, 5.74) is 0.916. The predicted octanol–water partition coefficient (Wildman–Crippen LogP) is 1.79. The average Bonchev–Trinajstić information content (AvgIpc) is 2.43. The molecule has 3 nitrogen and oxygen atoms in total. The van der Waals surface area contributed by atoms with Crippen LogP contribution >= 0.6 is 10.8 Å². The number of hydrogen-bond acceptors (Lipinski definition) is 3. The molecule has 1 heterocycles. The molecule has 5 heteroatoms. The lowest BCUT2D eigenvalue weighted by Gasteiger charge is -2.00. The fraction of sp³-hybridized carbons (Fsp3) is 0.143. The van der Waals surface area contributed by atoms with Crippen LogP contribution < -0.4 is 9.46 Å². The second kappa shape index (κ2) is 2.99. The molecule has 2 rings (SSSR count). The van der Waals surface area contributed by atoms with Crippen molar-refractivity contribution in [2.24, 2.45) is 0 Å². The van der Waals surface area contributed by atoms with Gasteiger partial charge in [0.05, 0.1) is 17.7 Å². The predicted molar refractivity (Wildman–Crippen MR) is 50.6 cm³/mol. The molecule has 1 unspecified atom stereocenters. The van der Waals surface area contributed by atoms with E-state index < -0.39 is 10.0 Å². The molecule has 0 aliphatic carbocycles. The van der Waals surface area contributed by atoms with E-state index in [4.69, 9.17) is 4.74 Å². The second-order valence-electron chi connectivity index (χ2n) is 2.28. The van der Waals surface area contributed by atoms with Crippen LogP contribution in [-0.4, -0.2) is 11.3 Å². The minimum Gasteiger partial charge on any atom is -0.497 e. The van der Waals surface area contributed by atoms with Gasteiger partial charge in [-0.2, -0.15) is 0 Å². The lowest BCUT2D eigenvalue weighted by Crippen LogP contribution is -1.90. The van der Waals surface area contributed by atoms with Crippen LogP contribution in [0.5, 0.6) is 5.75 Å². The number of benzene rings is 1. The third-order valence-electron chi connectivity index (χ3n) is 1.55. The van der Waals surface area contributed by atoms with Gasteiger partial charge in [0, 0.05) is 0 Å². The first kappa shape index (κ1) is 7.94. The quantitative estimate of drug-likeness (QED) is 0.704. The van der Waals surface area contributed by atoms with Gasteiger partial charge in [-0.05, 0) is 29.0 Å². The van der Waals surface area contributed by atoms with Crippen LogP contribution in [0.25, 0.3) is 0 Å². The zero-order chi connectivity index (χ0) is 8.55. The Bertz CT molecular complexity index is 340. The third kappa shape index (κ3) is 1.30. The van der Waals surface area contributed by atoms with Crippen molar-refractivity contribution in [1.82, 2.24) is 0 Å². The van der Waals surface area contributed by atoms with E-state index in [0.717, 1.165) is 16.3 Å². The number of methoxy groups -OCH3 is 1. The standard InChI is InChI=1S/C7H7NO2S2/c1-10-5-2-3-6-7(4-5)11-12(9)8-6/h2-4,8H,1H3. The number of rotatable bonds is 1. The maximum Gasteiger partial charge on any atom is 0.184 e. The molecule has 1 aromatic rings. The van der Waals surface area contributed by atoms with Crippen LogP contribution in [0, 0.1) is 0 Å². The van der Waals surface area contributed by atoms with Crippen molar-refractivity contribution < 1.29 is 8.95 Å². The summed E-state index contributed by atoms with van der Waals surface area (Å²) in [4.78, 5) is 0.979. The van der Waals surface area contributed by atoms with Crippen molar-refractivity contribution in [1.29, 1.82) is 0 Å². The Morgan fingerprint density at radius 1 is 1.58 bits per heavy atom. The highest BCUT2D eigenvalue weighted by molar-refractivity contribution is 8.70. The smallest absolute Gasteiger partial charge is 0.184 e. The van der Waals surface area contributed by atoms with Crippen LogP contribution in [0.15, 0.2) is 23.1 Å². The molecule has 1 aliphatic heterocycles. The molecule has 0 bridgehead atoms. The molecule has 12 heavy (non-hydrogen) atoms. The average molecular weight is 201 g/mol. The van der Waals surface area contributed by atoms with E-state index in [1.165, 1.54) is 10.8 Å². The Balaban J connectivity index is 2.41. The zero-order valence-electron chi connectivity index (χ0n) is 6.37. The van der Waals surface area contributed by atoms with E-state index in [2.05, 4.69) is 4.72 Å². The van der Waals surface area contributed by atoms with Crippen LogP contribution in [0.1, 0.15) is 0 Å². The summed E-state index contributed by atoms with van der Waals surface area (Å²) in [6.45, 7) is 0. The summed E-state index contributed by atoms with van der Waals surface area (Å²) in [5.74, 6) is 0.793. The number of anilines is 1. The SMILES string of the molecule is COc1ccc2c(c1)SS(=O)N2. The number of nitrogens with one attached hydrogen (secondary N) is 1. The largest absolute Gasteiger partial charge is 0.497 e. The van der Waals surface area contributed by atoms with Crippen LogP contribution in [0.2, 0.25) is 0 Å². The Kier molecular flexibility index (Phi) is 1.98. The Morgan fingerprint density at radius 2 is 2.42 bits per heavy atom. The van der Waals surface area contributed by atoms with Gasteiger partial charge in [-0.1, -0.05) is 0 Å². The van der Waals surface area contributed by atoms with Gasteiger partial charge in [-0.3, -0.25) is 4.72 Å². The molecule has 1 N–H and O–H groups in total. The normalized spacial score (nSPS) is 19.9. The van der Waals surface area contributed by atoms with Crippen molar-refractivity contribution in [3.8, 4) is 5.75 Å². The van der Waals surface area contributed by atoms with E-state index in [9.17, 15) is 4.21 Å². The molecule has 64 valence electrons. The molecule has 0 radical (unpaired) electrons. The highest BCUT2D eigenvalue weighted by Crippen LogP contribution is 2.39. The zero-order valence-corrected chi connectivity index (χ0v) is 8.00. The van der Waals surface area contributed by atoms with Gasteiger partial charge in [0.1, 0.15) is 5.75 Å². The van der Waals surface area contributed by atoms with Crippen molar-refractivity contribution in [3.05, 3.63) is 18.2 Å². The molecule has 1 atom stereocenters. The summed E-state index contributed by atoms with van der Waals surface area (Å²) in [6.07, 6.45) is 0. The fourth-order valence-corrected chi connectivity index (χ4v) is 3.27. The number of hydrogen-bond donors (Lipinski definition) is 1. The van der Waals surface area contributed by atoms with Crippen molar-refractivity contribution in [2.45, 2.75) is 4.90 Å². The van der Waals surface area contributed by atoms with Gasteiger partial charge in [-0.15, -0.1) is 0 Å². The molecule has 0 spiro atoms. The Morgan fingerprint density at radius 3 is 3.17 bits per heavy atom. The topological polar surface area (TPSA) is 38.3 Å². The molecule has 0 fully saturated rings. The Hall–Kier alpha value is -0.680. The number of fused-ring (bicyclic) bond motifs is 1. The maximum atomic E-state index is 11.0. The van der Waals surface area contributed by atoms with Gasteiger partial charge >= 0.3 is 0 Å². The van der Waals surface area contributed by atoms with E-state index in [1.807, 2.05) is 18.2 Å². The first-order valence-electron chi connectivity index (χ1n) is 3.34. The van der Waals surface area contributed by atoms with Crippen LogP contribution in [0.3, 0.4) is 0 Å². The van der Waals surface area contributed by atoms with Crippen molar-refractivity contribution >= 4 is 26.5 Å². The van der Waals surface area contributed by atoms with Crippen LogP contribution in [0.4, 0.5) is 5.69 Å². The van der Waals surface area contributed by atoms with Gasteiger partial charge in [0.2, 0.25) is 0 Å². The van der Waals surface area contributed by atoms with Crippen molar-refractivity contribution in [2.75, 3.05) is 11.8 Å². The maximum absolute atomic E-state index is 11.0. The highest BCUT2D eigenvalue weighted by Gasteiger charge is 2.17. The fourth-order valence-electron chi connectivity index (χ4n) is 0.975. The molecular formula is C7H7NO2S2. The minimum absolute atomic E-state index is 0.793. The summed E-state index contributed by atoms with van der Waals surface area (Å²) >= 11 is 0. The van der Waals surface area contributed by atoms with E-state index in [1.54, 1.807) is 7.11 Å². The molecule has 0 saturated heterocycles. The molecule has 1 aliphatic rings. The van der Waals surface area contributed by atoms with Crippen molar-refractivity contribution in [3.63, 3.8) is 0 Å². The van der Waals surface area contributed by atoms with Gasteiger partial charge in [0.25, 0.3) is 0 Å². The van der Waals surface area contributed by atoms with Gasteiger partial charge in [0.15, 0.2) is 10.0 Å². The molecule has 1 aromatic carbocycles. The van der Waals surface area contributed by atoms with Gasteiger partial charge in [-0.25, -0.2) is 4.21 Å². The summed E-state index contributed by atoms with van der Waals surface area (Å²) in [5, 5.41) is 0. The second-order valence-corrected chi connectivity index (χ2v) is 4.97. The lowest BCUT2D eigenvalue weighted by atomic mass is 10.3. The van der Waals surface area contributed by atoms with Gasteiger partial charge < -0.3 is 4.74 Å². The lowest BCUT2D eigenvalue weighted by molar-refractivity contribution is 0.414. The van der Waals surface area contributed by atoms with E-state index >= 15 is 0 Å². The van der Waals surface area contributed by atoms with E-state index in [0.29, 0.717) is 0 Å². The first-order valence-corrected chi connectivity index (χ1v) is 5.83. The Labute approximate surface area is 76.5 Å². The molecule has 0 saturated carbocycles. The minimum atomic E-state index is -1.02. The first-order chi connectivity index (χ1) is 5.79. The van der Waals surface area contributed by atoms with E-state index in [-0.39, 0.29) is 0 Å². The summed E-state index contributed by atoms with van der Waals surface area (Å²) < 4.78 is 18.9. The molecule has 0 aromatic heterocycles. The monoisotopic (exact) mass is 201 g/mol. The third-order valence-corrected chi connectivity index (χ3v) is 3.85. The number of ether oxygens (including phenoxy) is 1. The van der Waals surface area contributed by atoms with Crippen LogP contribution in [-0.2, 0) is 10.0 Å². The molecular weight excluding hydrogens is 194 g/mol. The summed E-state index contributed by atoms with van der Waals surface area (Å²) in [7, 11) is 1.90. The summed E-state index contributed by atoms with van der Waals surface area (Å²) in [6, 6.07) is 5.58.